The second-order valence-electron chi connectivity index (χ2n) is 12.8. The molecule has 0 saturated carbocycles. The van der Waals surface area contributed by atoms with Crippen LogP contribution in [-0.4, -0.2) is 69.6 Å². The largest absolute Gasteiger partial charge is 0.479 e. The summed E-state index contributed by atoms with van der Waals surface area (Å²) < 4.78 is 9.03. The van der Waals surface area contributed by atoms with Gasteiger partial charge in [0.05, 0.1) is 21.3 Å². The van der Waals surface area contributed by atoms with Crippen LogP contribution >= 0.6 is 22.9 Å². The Labute approximate surface area is 266 Å². The molecule has 2 aromatic heterocycles. The number of carbonyl (C=O) groups is 1. The minimum Gasteiger partial charge on any atom is -0.479 e. The Hall–Kier alpha value is -3.50. The third-order valence-corrected chi connectivity index (χ3v) is 9.68. The van der Waals surface area contributed by atoms with Gasteiger partial charge in [-0.05, 0) is 95.7 Å². The second-order valence-corrected chi connectivity index (χ2v) is 14.3. The number of carboxylic acids is 1. The molecule has 5 aromatic rings. The van der Waals surface area contributed by atoms with Gasteiger partial charge in [-0.25, -0.2) is 9.78 Å². The molecule has 0 radical (unpaired) electrons. The molecule has 2 atom stereocenters. The van der Waals surface area contributed by atoms with Crippen molar-refractivity contribution in [1.29, 1.82) is 0 Å². The molecule has 1 saturated heterocycles. The zero-order chi connectivity index (χ0) is 31.5. The molecule has 3 aromatic carbocycles. The summed E-state index contributed by atoms with van der Waals surface area (Å²) in [6, 6.07) is 16.4. The lowest BCUT2D eigenvalue weighted by molar-refractivity contribution is -0.160. The lowest BCUT2D eigenvalue weighted by atomic mass is 9.91. The van der Waals surface area contributed by atoms with Crippen molar-refractivity contribution >= 4 is 55.8 Å². The number of aryl methyl sites for hydroxylation is 2. The van der Waals surface area contributed by atoms with E-state index in [0.29, 0.717) is 16.6 Å². The first-order chi connectivity index (χ1) is 20.8. The van der Waals surface area contributed by atoms with Crippen LogP contribution in [0.3, 0.4) is 0 Å². The van der Waals surface area contributed by atoms with Crippen molar-refractivity contribution in [1.82, 2.24) is 19.7 Å². The maximum atomic E-state index is 12.7. The fourth-order valence-corrected chi connectivity index (χ4v) is 7.38. The average Bonchev–Trinajstić information content (AvgIpc) is 3.68. The molecule has 0 spiro atoms. The van der Waals surface area contributed by atoms with E-state index >= 15 is 0 Å². The number of carboxylic acid groups (broad SMARTS) is 1. The molecular weight excluding hydrogens is 594 g/mol. The Balaban J connectivity index is 1.52. The van der Waals surface area contributed by atoms with Crippen LogP contribution in [0, 0.1) is 6.92 Å². The van der Waals surface area contributed by atoms with Crippen molar-refractivity contribution < 1.29 is 14.6 Å². The number of thiazole rings is 1. The van der Waals surface area contributed by atoms with Crippen LogP contribution < -0.4 is 4.90 Å². The summed E-state index contributed by atoms with van der Waals surface area (Å²) in [4.78, 5) is 22.4. The van der Waals surface area contributed by atoms with Gasteiger partial charge in [-0.15, -0.1) is 11.3 Å². The summed E-state index contributed by atoms with van der Waals surface area (Å²) in [6.45, 7) is 9.45. The second kappa shape index (κ2) is 11.5. The third kappa shape index (κ3) is 5.70. The molecule has 6 rings (SSSR count). The van der Waals surface area contributed by atoms with E-state index in [0.717, 1.165) is 73.7 Å². The maximum Gasteiger partial charge on any atom is 0.337 e. The Morgan fingerprint density at radius 2 is 1.84 bits per heavy atom. The van der Waals surface area contributed by atoms with Crippen LogP contribution in [0.15, 0.2) is 48.5 Å². The first kappa shape index (κ1) is 30.5. The van der Waals surface area contributed by atoms with Crippen molar-refractivity contribution in [2.24, 2.45) is 7.05 Å². The summed E-state index contributed by atoms with van der Waals surface area (Å²) in [6.07, 6.45) is -0.0509. The number of rotatable bonds is 7. The van der Waals surface area contributed by atoms with E-state index in [9.17, 15) is 9.90 Å². The van der Waals surface area contributed by atoms with Gasteiger partial charge in [0, 0.05) is 53.3 Å². The van der Waals surface area contributed by atoms with E-state index in [1.807, 2.05) is 69.8 Å². The number of anilines is 1. The number of aromatic nitrogens is 3. The number of likely N-dealkylation sites (N-methyl/N-ethyl adjacent to an activating group) is 1. The van der Waals surface area contributed by atoms with Crippen molar-refractivity contribution in [3.8, 4) is 21.7 Å². The lowest BCUT2D eigenvalue weighted by Crippen LogP contribution is -2.31. The van der Waals surface area contributed by atoms with Crippen molar-refractivity contribution in [2.45, 2.75) is 51.9 Å². The molecule has 0 aliphatic carbocycles. The zero-order valence-electron chi connectivity index (χ0n) is 26.2. The highest BCUT2D eigenvalue weighted by molar-refractivity contribution is 7.22. The molecule has 1 aliphatic rings. The standard InChI is InChI=1S/C34H38ClN5O3S/c1-19-16-25-30(28(20-8-11-22(35)12-9-20)27(19)29(33(41)42)43-34(2,3)4)44-32(36-25)21-10-13-26-24(17-21)31(37-39(26)7)40-15-14-23(18-40)38(5)6/h8-13,16-17,23,29H,14-15,18H2,1-7H3,(H,41,42)/t23?,29-/m0/s1. The number of halogens is 1. The lowest BCUT2D eigenvalue weighted by Gasteiger charge is -2.28. The summed E-state index contributed by atoms with van der Waals surface area (Å²) in [7, 11) is 6.26. The molecule has 1 fully saturated rings. The van der Waals surface area contributed by atoms with Gasteiger partial charge in [0.25, 0.3) is 0 Å². The zero-order valence-corrected chi connectivity index (χ0v) is 27.8. The van der Waals surface area contributed by atoms with E-state index < -0.39 is 17.7 Å². The van der Waals surface area contributed by atoms with Gasteiger partial charge in [0.2, 0.25) is 0 Å². The highest BCUT2D eigenvalue weighted by Gasteiger charge is 2.33. The number of hydrogen-bond acceptors (Lipinski definition) is 7. The molecule has 8 nitrogen and oxygen atoms in total. The molecule has 1 N–H and O–H groups in total. The van der Waals surface area contributed by atoms with Crippen LogP contribution in [-0.2, 0) is 16.6 Å². The summed E-state index contributed by atoms with van der Waals surface area (Å²) >= 11 is 7.83. The summed E-state index contributed by atoms with van der Waals surface area (Å²) in [5, 5.41) is 17.9. The average molecular weight is 632 g/mol. The highest BCUT2D eigenvalue weighted by atomic mass is 35.5. The van der Waals surface area contributed by atoms with Gasteiger partial charge in [-0.3, -0.25) is 4.68 Å². The van der Waals surface area contributed by atoms with E-state index in [-0.39, 0.29) is 0 Å². The Morgan fingerprint density at radius 1 is 1.14 bits per heavy atom. The van der Waals surface area contributed by atoms with E-state index in [4.69, 9.17) is 26.4 Å². The number of aliphatic carboxylic acids is 1. The van der Waals surface area contributed by atoms with E-state index in [2.05, 4.69) is 42.1 Å². The predicted octanol–water partition coefficient (Wildman–Crippen LogP) is 7.56. The van der Waals surface area contributed by atoms with Gasteiger partial charge < -0.3 is 19.6 Å². The number of nitrogens with zero attached hydrogens (tertiary/aromatic N) is 5. The van der Waals surface area contributed by atoms with Crippen molar-refractivity contribution in [3.63, 3.8) is 0 Å². The molecule has 1 aliphatic heterocycles. The summed E-state index contributed by atoms with van der Waals surface area (Å²) in [5.74, 6) is -0.0336. The van der Waals surface area contributed by atoms with Gasteiger partial charge >= 0.3 is 5.97 Å². The van der Waals surface area contributed by atoms with Crippen LogP contribution in [0.5, 0.6) is 0 Å². The SMILES string of the molecule is Cc1cc2nc(-c3ccc4c(c3)c(N3CCC(N(C)C)C3)nn4C)sc2c(-c2ccc(Cl)cc2)c1[C@H](OC(C)(C)C)C(=O)O. The normalized spacial score (nSPS) is 16.5. The highest BCUT2D eigenvalue weighted by Crippen LogP contribution is 2.45. The van der Waals surface area contributed by atoms with Gasteiger partial charge in [-0.2, -0.15) is 5.10 Å². The fraction of sp³-hybridized carbons (Fsp3) is 0.382. The summed E-state index contributed by atoms with van der Waals surface area (Å²) in [5.41, 5.74) is 5.34. The predicted molar refractivity (Wildman–Crippen MR) is 180 cm³/mol. The Bertz CT molecular complexity index is 1870. The molecule has 44 heavy (non-hydrogen) atoms. The molecule has 0 amide bonds. The third-order valence-electron chi connectivity index (χ3n) is 8.29. The molecular formula is C34H38ClN5O3S. The monoisotopic (exact) mass is 631 g/mol. The molecule has 10 heteroatoms. The minimum atomic E-state index is -1.16. The van der Waals surface area contributed by atoms with Crippen LogP contribution in [0.25, 0.3) is 42.8 Å². The molecule has 3 heterocycles. The maximum absolute atomic E-state index is 12.7. The van der Waals surface area contributed by atoms with Crippen molar-refractivity contribution in [2.75, 3.05) is 32.1 Å². The Kier molecular flexibility index (Phi) is 7.94. The minimum absolute atomic E-state index is 0.500. The number of hydrogen-bond donors (Lipinski definition) is 1. The van der Waals surface area contributed by atoms with Crippen LogP contribution in [0.2, 0.25) is 5.02 Å². The number of ether oxygens (including phenoxy) is 1. The van der Waals surface area contributed by atoms with Gasteiger partial charge in [0.15, 0.2) is 11.9 Å². The topological polar surface area (TPSA) is 83.7 Å². The van der Waals surface area contributed by atoms with Gasteiger partial charge in [-0.1, -0.05) is 23.7 Å². The molecule has 0 bridgehead atoms. The van der Waals surface area contributed by atoms with E-state index in [1.165, 1.54) is 0 Å². The first-order valence-corrected chi connectivity index (χ1v) is 16.0. The smallest absolute Gasteiger partial charge is 0.337 e. The fourth-order valence-electron chi connectivity index (χ4n) is 6.13. The van der Waals surface area contributed by atoms with Crippen molar-refractivity contribution in [3.05, 3.63) is 64.7 Å². The molecule has 230 valence electrons. The van der Waals surface area contributed by atoms with Gasteiger partial charge in [0.1, 0.15) is 5.01 Å². The first-order valence-electron chi connectivity index (χ1n) is 14.8. The number of fused-ring (bicyclic) bond motifs is 2. The van der Waals surface area contributed by atoms with Crippen LogP contribution in [0.1, 0.15) is 44.4 Å². The Morgan fingerprint density at radius 3 is 2.48 bits per heavy atom. The quantitative estimate of drug-likeness (QED) is 0.198. The number of benzene rings is 3. The molecule has 1 unspecified atom stereocenters. The van der Waals surface area contributed by atoms with Crippen LogP contribution in [0.4, 0.5) is 5.82 Å². The van der Waals surface area contributed by atoms with E-state index in [1.54, 1.807) is 11.3 Å².